The van der Waals surface area contributed by atoms with Crippen molar-refractivity contribution in [3.05, 3.63) is 0 Å². The van der Waals surface area contributed by atoms with Crippen LogP contribution in [0.25, 0.3) is 0 Å². The third-order valence-electron chi connectivity index (χ3n) is 2.12. The Morgan fingerprint density at radius 3 is 2.00 bits per heavy atom. The Labute approximate surface area is 114 Å². The standard InChI is InChI=1S/C13H25NO5/c1-11(2)13(16)14-4-5-17-6-7-18-8-9-19-10-12(3)15/h11H,4-10H2,1-3H3,(H,14,16). The second-order valence-corrected chi connectivity index (χ2v) is 4.43. The lowest BCUT2D eigenvalue weighted by Crippen LogP contribution is -2.31. The summed E-state index contributed by atoms with van der Waals surface area (Å²) in [7, 11) is 0. The summed E-state index contributed by atoms with van der Waals surface area (Å²) in [6.45, 7) is 8.09. The van der Waals surface area contributed by atoms with Crippen molar-refractivity contribution in [2.45, 2.75) is 20.8 Å². The first-order valence-corrected chi connectivity index (χ1v) is 6.54. The number of carbonyl (C=O) groups excluding carboxylic acids is 2. The van der Waals surface area contributed by atoms with Gasteiger partial charge in [-0.3, -0.25) is 9.59 Å². The van der Waals surface area contributed by atoms with Crippen LogP contribution >= 0.6 is 0 Å². The van der Waals surface area contributed by atoms with E-state index >= 15 is 0 Å². The normalized spacial score (nSPS) is 10.7. The highest BCUT2D eigenvalue weighted by Crippen LogP contribution is 1.89. The first-order valence-electron chi connectivity index (χ1n) is 6.54. The summed E-state index contributed by atoms with van der Waals surface area (Å²) >= 11 is 0. The maximum atomic E-state index is 11.2. The summed E-state index contributed by atoms with van der Waals surface area (Å²) in [5.41, 5.74) is 0. The zero-order valence-electron chi connectivity index (χ0n) is 12.1. The fourth-order valence-corrected chi connectivity index (χ4v) is 1.11. The lowest BCUT2D eigenvalue weighted by molar-refractivity contribution is -0.124. The van der Waals surface area contributed by atoms with Gasteiger partial charge in [-0.1, -0.05) is 13.8 Å². The lowest BCUT2D eigenvalue weighted by atomic mass is 10.2. The third-order valence-corrected chi connectivity index (χ3v) is 2.12. The van der Waals surface area contributed by atoms with Gasteiger partial charge in [-0.2, -0.15) is 0 Å². The fourth-order valence-electron chi connectivity index (χ4n) is 1.11. The van der Waals surface area contributed by atoms with Crippen molar-refractivity contribution in [1.29, 1.82) is 0 Å². The van der Waals surface area contributed by atoms with Crippen LogP contribution in [-0.4, -0.2) is 57.9 Å². The smallest absolute Gasteiger partial charge is 0.222 e. The fraction of sp³-hybridized carbons (Fsp3) is 0.846. The molecule has 6 heteroatoms. The predicted octanol–water partition coefficient (Wildman–Crippen LogP) is 0.397. The number of carbonyl (C=O) groups is 2. The second-order valence-electron chi connectivity index (χ2n) is 4.43. The summed E-state index contributed by atoms with van der Waals surface area (Å²) in [6, 6.07) is 0. The van der Waals surface area contributed by atoms with Crippen molar-refractivity contribution in [3.8, 4) is 0 Å². The Balaban J connectivity index is 3.11. The Morgan fingerprint density at radius 2 is 1.47 bits per heavy atom. The van der Waals surface area contributed by atoms with Crippen LogP contribution < -0.4 is 5.32 Å². The van der Waals surface area contributed by atoms with E-state index in [-0.39, 0.29) is 24.2 Å². The molecule has 112 valence electrons. The van der Waals surface area contributed by atoms with E-state index in [9.17, 15) is 9.59 Å². The quantitative estimate of drug-likeness (QED) is 0.522. The van der Waals surface area contributed by atoms with Crippen molar-refractivity contribution in [3.63, 3.8) is 0 Å². The van der Waals surface area contributed by atoms with Crippen LogP contribution in [0.15, 0.2) is 0 Å². The molecule has 0 aromatic carbocycles. The van der Waals surface area contributed by atoms with Crippen molar-refractivity contribution in [2.75, 3.05) is 46.2 Å². The molecule has 0 aromatic heterocycles. The molecule has 0 aromatic rings. The van der Waals surface area contributed by atoms with Gasteiger partial charge in [0.2, 0.25) is 5.91 Å². The molecule has 0 fully saturated rings. The largest absolute Gasteiger partial charge is 0.377 e. The lowest BCUT2D eigenvalue weighted by Gasteiger charge is -2.08. The van der Waals surface area contributed by atoms with E-state index in [2.05, 4.69) is 5.32 Å². The highest BCUT2D eigenvalue weighted by Gasteiger charge is 2.04. The maximum Gasteiger partial charge on any atom is 0.222 e. The van der Waals surface area contributed by atoms with Gasteiger partial charge in [0, 0.05) is 12.5 Å². The number of hydrogen-bond acceptors (Lipinski definition) is 5. The van der Waals surface area contributed by atoms with Crippen LogP contribution in [0.2, 0.25) is 0 Å². The van der Waals surface area contributed by atoms with Crippen LogP contribution in [0.1, 0.15) is 20.8 Å². The number of hydrogen-bond donors (Lipinski definition) is 1. The zero-order chi connectivity index (χ0) is 14.5. The summed E-state index contributed by atoms with van der Waals surface area (Å²) in [4.78, 5) is 21.8. The van der Waals surface area contributed by atoms with Crippen LogP contribution in [-0.2, 0) is 23.8 Å². The molecule has 1 N–H and O–H groups in total. The van der Waals surface area contributed by atoms with Gasteiger partial charge in [-0.05, 0) is 6.92 Å². The van der Waals surface area contributed by atoms with Crippen molar-refractivity contribution in [1.82, 2.24) is 5.32 Å². The van der Waals surface area contributed by atoms with Gasteiger partial charge in [-0.25, -0.2) is 0 Å². The average Bonchev–Trinajstić information content (AvgIpc) is 2.35. The Hall–Kier alpha value is -0.980. The van der Waals surface area contributed by atoms with E-state index in [0.29, 0.717) is 39.6 Å². The number of Topliss-reactive ketones (excluding diaryl/α,β-unsaturated/α-hetero) is 1. The molecule has 0 rings (SSSR count). The third kappa shape index (κ3) is 13.3. The summed E-state index contributed by atoms with van der Waals surface area (Å²) < 4.78 is 15.5. The molecule has 19 heavy (non-hydrogen) atoms. The van der Waals surface area contributed by atoms with Crippen LogP contribution in [0.3, 0.4) is 0 Å². The van der Waals surface area contributed by atoms with Crippen molar-refractivity contribution >= 4 is 11.7 Å². The first-order chi connectivity index (χ1) is 9.04. The van der Waals surface area contributed by atoms with Crippen LogP contribution in [0.5, 0.6) is 0 Å². The highest BCUT2D eigenvalue weighted by atomic mass is 16.5. The summed E-state index contributed by atoms with van der Waals surface area (Å²) in [6.07, 6.45) is 0. The molecule has 1 amide bonds. The molecular weight excluding hydrogens is 250 g/mol. The van der Waals surface area contributed by atoms with Crippen molar-refractivity contribution < 1.29 is 23.8 Å². The minimum atomic E-state index is -0.00154. The van der Waals surface area contributed by atoms with Crippen LogP contribution in [0, 0.1) is 5.92 Å². The Bertz CT molecular complexity index is 255. The molecule has 0 aliphatic rings. The highest BCUT2D eigenvalue weighted by molar-refractivity contribution is 5.77. The molecule has 6 nitrogen and oxygen atoms in total. The molecule has 0 atom stereocenters. The number of nitrogens with one attached hydrogen (secondary N) is 1. The van der Waals surface area contributed by atoms with Gasteiger partial charge < -0.3 is 19.5 Å². The van der Waals surface area contributed by atoms with Gasteiger partial charge in [0.1, 0.15) is 6.61 Å². The van der Waals surface area contributed by atoms with E-state index in [1.807, 2.05) is 13.8 Å². The minimum absolute atomic E-state index is 0.00154. The van der Waals surface area contributed by atoms with Crippen molar-refractivity contribution in [2.24, 2.45) is 5.92 Å². The number of rotatable bonds is 12. The average molecular weight is 275 g/mol. The van der Waals surface area contributed by atoms with E-state index in [1.54, 1.807) is 0 Å². The molecule has 0 heterocycles. The molecular formula is C13H25NO5. The van der Waals surface area contributed by atoms with E-state index < -0.39 is 0 Å². The molecule has 0 spiro atoms. The van der Waals surface area contributed by atoms with Gasteiger partial charge in [0.15, 0.2) is 5.78 Å². The number of ketones is 1. The molecule has 0 aliphatic heterocycles. The van der Waals surface area contributed by atoms with Gasteiger partial charge in [0.25, 0.3) is 0 Å². The molecule has 0 bridgehead atoms. The minimum Gasteiger partial charge on any atom is -0.377 e. The first kappa shape index (κ1) is 18.0. The topological polar surface area (TPSA) is 73.9 Å². The Morgan fingerprint density at radius 1 is 0.947 bits per heavy atom. The summed E-state index contributed by atoms with van der Waals surface area (Å²) in [5.74, 6) is 0.0348. The molecule has 0 saturated heterocycles. The molecule has 0 radical (unpaired) electrons. The van der Waals surface area contributed by atoms with E-state index in [1.165, 1.54) is 6.92 Å². The van der Waals surface area contributed by atoms with E-state index in [0.717, 1.165) is 0 Å². The van der Waals surface area contributed by atoms with Gasteiger partial charge in [-0.15, -0.1) is 0 Å². The zero-order valence-corrected chi connectivity index (χ0v) is 12.1. The van der Waals surface area contributed by atoms with E-state index in [4.69, 9.17) is 14.2 Å². The van der Waals surface area contributed by atoms with Gasteiger partial charge >= 0.3 is 0 Å². The molecule has 0 saturated carbocycles. The molecule has 0 unspecified atom stereocenters. The Kier molecular flexibility index (Phi) is 11.5. The maximum absolute atomic E-state index is 11.2. The molecule has 0 aliphatic carbocycles. The SMILES string of the molecule is CC(=O)COCCOCCOCCNC(=O)C(C)C. The van der Waals surface area contributed by atoms with Crippen LogP contribution in [0.4, 0.5) is 0 Å². The monoisotopic (exact) mass is 275 g/mol. The predicted molar refractivity (Wildman–Crippen MR) is 71.0 cm³/mol. The van der Waals surface area contributed by atoms with Gasteiger partial charge in [0.05, 0.1) is 33.0 Å². The number of amides is 1. The second kappa shape index (κ2) is 12.1. The summed E-state index contributed by atoms with van der Waals surface area (Å²) in [5, 5.41) is 2.75. The number of ether oxygens (including phenoxy) is 3.